The summed E-state index contributed by atoms with van der Waals surface area (Å²) in [5.41, 5.74) is 9.81. The minimum atomic E-state index is 0. The summed E-state index contributed by atoms with van der Waals surface area (Å²) >= 11 is 0. The van der Waals surface area contributed by atoms with Gasteiger partial charge in [0.2, 0.25) is 0 Å². The molecule has 0 saturated heterocycles. The normalized spacial score (nSPS) is 12.3. The molecule has 3 N–H and O–H groups in total. The van der Waals surface area contributed by atoms with Crippen LogP contribution in [0.3, 0.4) is 0 Å². The number of aryl methyl sites for hydroxylation is 1. The highest BCUT2D eigenvalue weighted by molar-refractivity contribution is 14.0. The van der Waals surface area contributed by atoms with Crippen molar-refractivity contribution in [2.75, 3.05) is 41.4 Å². The van der Waals surface area contributed by atoms with Crippen LogP contribution in [0.4, 0.5) is 0 Å². The molecule has 1 unspecified atom stereocenters. The standard InChI is InChI=1S/C23H34N4O2.HI/c1-6-17-7-10-19(11-8-17)20(27(2)3)16-26-23(24)25-14-13-18-9-12-21(28-4)22(15-18)29-5;/h7-12,15,20H,6,13-14,16H2,1-5H3,(H3,24,25,26);1H. The van der Waals surface area contributed by atoms with Crippen molar-refractivity contribution in [3.8, 4) is 11.5 Å². The van der Waals surface area contributed by atoms with Crippen molar-refractivity contribution in [3.05, 3.63) is 59.2 Å². The van der Waals surface area contributed by atoms with Gasteiger partial charge in [-0.05, 0) is 55.8 Å². The van der Waals surface area contributed by atoms with Gasteiger partial charge in [-0.3, -0.25) is 4.99 Å². The van der Waals surface area contributed by atoms with Gasteiger partial charge in [0.1, 0.15) is 0 Å². The van der Waals surface area contributed by atoms with E-state index in [1.165, 1.54) is 11.1 Å². The van der Waals surface area contributed by atoms with E-state index in [4.69, 9.17) is 15.2 Å². The minimum Gasteiger partial charge on any atom is -0.493 e. The van der Waals surface area contributed by atoms with E-state index in [2.05, 4.69) is 60.5 Å². The second-order valence-electron chi connectivity index (χ2n) is 7.17. The Labute approximate surface area is 197 Å². The molecular formula is C23H35IN4O2. The van der Waals surface area contributed by atoms with Crippen molar-refractivity contribution >= 4 is 29.9 Å². The number of hydrogen-bond donors (Lipinski definition) is 2. The maximum absolute atomic E-state index is 6.09. The Balaban J connectivity index is 0.00000450. The molecule has 0 radical (unpaired) electrons. The zero-order chi connectivity index (χ0) is 21.2. The molecule has 0 saturated carbocycles. The lowest BCUT2D eigenvalue weighted by Gasteiger charge is -2.23. The van der Waals surface area contributed by atoms with Crippen LogP contribution >= 0.6 is 24.0 Å². The van der Waals surface area contributed by atoms with Gasteiger partial charge in [-0.25, -0.2) is 0 Å². The third kappa shape index (κ3) is 7.68. The van der Waals surface area contributed by atoms with Gasteiger partial charge in [0.25, 0.3) is 0 Å². The average Bonchev–Trinajstić information content (AvgIpc) is 2.74. The molecule has 2 aromatic carbocycles. The molecule has 1 atom stereocenters. The molecular weight excluding hydrogens is 491 g/mol. The van der Waals surface area contributed by atoms with Crippen molar-refractivity contribution < 1.29 is 9.47 Å². The van der Waals surface area contributed by atoms with Gasteiger partial charge >= 0.3 is 0 Å². The summed E-state index contributed by atoms with van der Waals surface area (Å²) in [4.78, 5) is 6.72. The van der Waals surface area contributed by atoms with E-state index >= 15 is 0 Å². The van der Waals surface area contributed by atoms with E-state index in [1.807, 2.05) is 18.2 Å². The van der Waals surface area contributed by atoms with Crippen LogP contribution in [0.15, 0.2) is 47.5 Å². The zero-order valence-corrected chi connectivity index (χ0v) is 21.0. The van der Waals surface area contributed by atoms with Crippen molar-refractivity contribution in [1.82, 2.24) is 10.2 Å². The topological polar surface area (TPSA) is 72.1 Å². The Morgan fingerprint density at radius 1 is 1.03 bits per heavy atom. The number of halogens is 1. The van der Waals surface area contributed by atoms with Crippen LogP contribution in [-0.2, 0) is 12.8 Å². The lowest BCUT2D eigenvalue weighted by atomic mass is 10.0. The number of aliphatic imine (C=N–C) groups is 1. The van der Waals surface area contributed by atoms with Gasteiger partial charge in [-0.2, -0.15) is 0 Å². The monoisotopic (exact) mass is 526 g/mol. The lowest BCUT2D eigenvalue weighted by Crippen LogP contribution is -2.34. The fourth-order valence-electron chi connectivity index (χ4n) is 3.15. The Morgan fingerprint density at radius 2 is 1.67 bits per heavy atom. The van der Waals surface area contributed by atoms with E-state index in [0.717, 1.165) is 29.9 Å². The van der Waals surface area contributed by atoms with Crippen LogP contribution in [0, 0.1) is 0 Å². The molecule has 0 aliphatic heterocycles. The first-order valence-corrected chi connectivity index (χ1v) is 9.98. The molecule has 6 nitrogen and oxygen atoms in total. The number of guanidine groups is 1. The van der Waals surface area contributed by atoms with E-state index in [-0.39, 0.29) is 30.0 Å². The first kappa shape index (κ1) is 26.0. The molecule has 0 heterocycles. The highest BCUT2D eigenvalue weighted by Gasteiger charge is 2.13. The second-order valence-corrected chi connectivity index (χ2v) is 7.17. The SMILES string of the molecule is CCc1ccc(C(CN=C(N)NCCc2ccc(OC)c(OC)c2)N(C)C)cc1.I. The van der Waals surface area contributed by atoms with Gasteiger partial charge in [0.15, 0.2) is 17.5 Å². The highest BCUT2D eigenvalue weighted by Crippen LogP contribution is 2.27. The molecule has 166 valence electrons. The minimum absolute atomic E-state index is 0. The van der Waals surface area contributed by atoms with Gasteiger partial charge in [0, 0.05) is 6.54 Å². The molecule has 0 amide bonds. The van der Waals surface area contributed by atoms with Crippen LogP contribution in [0.25, 0.3) is 0 Å². The largest absolute Gasteiger partial charge is 0.493 e. The molecule has 0 aliphatic carbocycles. The molecule has 2 aromatic rings. The number of methoxy groups -OCH3 is 2. The van der Waals surface area contributed by atoms with Crippen LogP contribution in [0.1, 0.15) is 29.7 Å². The molecule has 0 aromatic heterocycles. The smallest absolute Gasteiger partial charge is 0.188 e. The van der Waals surface area contributed by atoms with Crippen molar-refractivity contribution in [2.24, 2.45) is 10.7 Å². The molecule has 0 spiro atoms. The van der Waals surface area contributed by atoms with E-state index in [9.17, 15) is 0 Å². The number of hydrogen-bond acceptors (Lipinski definition) is 4. The Hall–Kier alpha value is -2.00. The highest BCUT2D eigenvalue weighted by atomic mass is 127. The summed E-state index contributed by atoms with van der Waals surface area (Å²) in [5, 5.41) is 3.20. The number of ether oxygens (including phenoxy) is 2. The molecule has 30 heavy (non-hydrogen) atoms. The molecule has 0 aliphatic rings. The lowest BCUT2D eigenvalue weighted by molar-refractivity contribution is 0.306. The first-order chi connectivity index (χ1) is 14.0. The van der Waals surface area contributed by atoms with Gasteiger partial charge < -0.3 is 25.4 Å². The maximum atomic E-state index is 6.09. The number of nitrogens with zero attached hydrogens (tertiary/aromatic N) is 2. The fourth-order valence-corrected chi connectivity index (χ4v) is 3.15. The van der Waals surface area contributed by atoms with E-state index < -0.39 is 0 Å². The molecule has 7 heteroatoms. The van der Waals surface area contributed by atoms with Crippen LogP contribution in [0.5, 0.6) is 11.5 Å². The predicted octanol–water partition coefficient (Wildman–Crippen LogP) is 3.63. The second kappa shape index (κ2) is 13.3. The van der Waals surface area contributed by atoms with Crippen LogP contribution in [0.2, 0.25) is 0 Å². The summed E-state index contributed by atoms with van der Waals surface area (Å²) < 4.78 is 10.6. The van der Waals surface area contributed by atoms with Crippen molar-refractivity contribution in [1.29, 1.82) is 0 Å². The van der Waals surface area contributed by atoms with Gasteiger partial charge in [-0.1, -0.05) is 37.3 Å². The van der Waals surface area contributed by atoms with Crippen LogP contribution in [-0.4, -0.2) is 52.3 Å². The average molecular weight is 526 g/mol. The van der Waals surface area contributed by atoms with Crippen molar-refractivity contribution in [2.45, 2.75) is 25.8 Å². The van der Waals surface area contributed by atoms with E-state index in [1.54, 1.807) is 14.2 Å². The first-order valence-electron chi connectivity index (χ1n) is 9.98. The fraction of sp³-hybridized carbons (Fsp3) is 0.435. The zero-order valence-electron chi connectivity index (χ0n) is 18.6. The molecule has 0 bridgehead atoms. The number of nitrogens with two attached hydrogens (primary N) is 1. The number of likely N-dealkylation sites (N-methyl/N-ethyl adjacent to an activating group) is 1. The Bertz CT molecular complexity index is 794. The third-order valence-electron chi connectivity index (χ3n) is 5.00. The Morgan fingerprint density at radius 3 is 2.23 bits per heavy atom. The number of rotatable bonds is 10. The molecule has 0 fully saturated rings. The van der Waals surface area contributed by atoms with Crippen LogP contribution < -0.4 is 20.5 Å². The third-order valence-corrected chi connectivity index (χ3v) is 5.00. The molecule has 2 rings (SSSR count). The van der Waals surface area contributed by atoms with Gasteiger partial charge in [-0.15, -0.1) is 24.0 Å². The number of benzene rings is 2. The summed E-state index contributed by atoms with van der Waals surface area (Å²) in [5.74, 6) is 1.92. The predicted molar refractivity (Wildman–Crippen MR) is 135 cm³/mol. The summed E-state index contributed by atoms with van der Waals surface area (Å²) in [6, 6.07) is 14.8. The van der Waals surface area contributed by atoms with Crippen molar-refractivity contribution in [3.63, 3.8) is 0 Å². The number of nitrogens with one attached hydrogen (secondary N) is 1. The summed E-state index contributed by atoms with van der Waals surface area (Å²) in [7, 11) is 7.40. The summed E-state index contributed by atoms with van der Waals surface area (Å²) in [6.07, 6.45) is 1.86. The van der Waals surface area contributed by atoms with E-state index in [0.29, 0.717) is 19.0 Å². The maximum Gasteiger partial charge on any atom is 0.188 e. The Kier molecular flexibility index (Phi) is 11.6. The summed E-state index contributed by atoms with van der Waals surface area (Å²) in [6.45, 7) is 3.47. The quantitative estimate of drug-likeness (QED) is 0.281. The van der Waals surface area contributed by atoms with Gasteiger partial charge in [0.05, 0.1) is 26.8 Å².